The van der Waals surface area contributed by atoms with E-state index in [2.05, 4.69) is 30.9 Å². The Balaban J connectivity index is 1.39. The third-order valence-corrected chi connectivity index (χ3v) is 5.09. The van der Waals surface area contributed by atoms with Crippen LogP contribution in [0.4, 0.5) is 0 Å². The van der Waals surface area contributed by atoms with Gasteiger partial charge < -0.3 is 10.6 Å². The van der Waals surface area contributed by atoms with E-state index in [1.165, 1.54) is 11.3 Å². The number of rotatable bonds is 4. The van der Waals surface area contributed by atoms with Crippen LogP contribution in [0.3, 0.4) is 0 Å². The Kier molecular flexibility index (Phi) is 4.18. The van der Waals surface area contributed by atoms with Crippen molar-refractivity contribution in [2.24, 2.45) is 0 Å². The average Bonchev–Trinajstić information content (AvgIpc) is 3.27. The summed E-state index contributed by atoms with van der Waals surface area (Å²) < 4.78 is 2.86. The van der Waals surface area contributed by atoms with Gasteiger partial charge in [-0.15, -0.1) is 16.4 Å². The molecule has 8 nitrogen and oxygen atoms in total. The number of fused-ring (bicyclic) bond motifs is 1. The fourth-order valence-corrected chi connectivity index (χ4v) is 3.62. The second kappa shape index (κ2) is 6.62. The minimum Gasteiger partial charge on any atom is -0.344 e. The molecule has 0 bridgehead atoms. The highest BCUT2D eigenvalue weighted by Gasteiger charge is 2.17. The maximum Gasteiger partial charge on any atom is 0.280 e. The summed E-state index contributed by atoms with van der Waals surface area (Å²) in [5.41, 5.74) is 1.49. The van der Waals surface area contributed by atoms with Gasteiger partial charge in [-0.25, -0.2) is 9.67 Å². The minimum atomic E-state index is -0.201. The van der Waals surface area contributed by atoms with E-state index < -0.39 is 0 Å². The minimum absolute atomic E-state index is 0.201. The lowest BCUT2D eigenvalue weighted by Gasteiger charge is -2.22. The van der Waals surface area contributed by atoms with E-state index in [1.54, 1.807) is 12.4 Å². The van der Waals surface area contributed by atoms with E-state index in [4.69, 9.17) is 0 Å². The number of piperidine rings is 1. The van der Waals surface area contributed by atoms with Crippen molar-refractivity contribution >= 4 is 27.5 Å². The van der Waals surface area contributed by atoms with Crippen LogP contribution in [0.1, 0.15) is 34.4 Å². The van der Waals surface area contributed by atoms with Gasteiger partial charge in [-0.05, 0) is 32.0 Å². The molecule has 1 amide bonds. The van der Waals surface area contributed by atoms with Crippen LogP contribution in [-0.4, -0.2) is 44.0 Å². The third kappa shape index (κ3) is 3.13. The molecular formula is C15H17N7OS. The number of hydrogen-bond donors (Lipinski definition) is 2. The third-order valence-electron chi connectivity index (χ3n) is 4.05. The number of amides is 1. The summed E-state index contributed by atoms with van der Waals surface area (Å²) in [7, 11) is 0. The van der Waals surface area contributed by atoms with E-state index in [-0.39, 0.29) is 5.91 Å². The van der Waals surface area contributed by atoms with E-state index in [9.17, 15) is 4.79 Å². The van der Waals surface area contributed by atoms with Crippen LogP contribution in [0.15, 0.2) is 24.7 Å². The molecule has 1 saturated heterocycles. The molecule has 0 spiro atoms. The Labute approximate surface area is 142 Å². The first-order chi connectivity index (χ1) is 11.8. The van der Waals surface area contributed by atoms with Crippen LogP contribution in [0.5, 0.6) is 0 Å². The molecule has 0 saturated carbocycles. The van der Waals surface area contributed by atoms with Gasteiger partial charge in [-0.1, -0.05) is 5.21 Å². The molecule has 1 fully saturated rings. The van der Waals surface area contributed by atoms with Crippen LogP contribution in [0, 0.1) is 0 Å². The number of nitrogens with zero attached hydrogens (tertiary/aromatic N) is 5. The fraction of sp³-hybridized carbons (Fsp3) is 0.400. The Morgan fingerprint density at radius 3 is 3.12 bits per heavy atom. The lowest BCUT2D eigenvalue weighted by atomic mass is 10.1. The number of thiazole rings is 1. The summed E-state index contributed by atoms with van der Waals surface area (Å²) in [4.78, 5) is 20.6. The highest BCUT2D eigenvalue weighted by Crippen LogP contribution is 2.20. The van der Waals surface area contributed by atoms with Crippen molar-refractivity contribution in [3.05, 3.63) is 35.4 Å². The topological polar surface area (TPSA) is 97.6 Å². The summed E-state index contributed by atoms with van der Waals surface area (Å²) in [5.74, 6) is -0.201. The van der Waals surface area contributed by atoms with Gasteiger partial charge in [0.1, 0.15) is 11.2 Å². The van der Waals surface area contributed by atoms with E-state index >= 15 is 0 Å². The molecule has 24 heavy (non-hydrogen) atoms. The first kappa shape index (κ1) is 15.2. The number of carbonyl (C=O) groups excluding carboxylic acids is 1. The summed E-state index contributed by atoms with van der Waals surface area (Å²) in [5, 5.41) is 15.0. The molecule has 0 unspecified atom stereocenters. The zero-order valence-electron chi connectivity index (χ0n) is 13.0. The molecule has 4 heterocycles. The number of nitrogens with one attached hydrogen (secondary N) is 2. The normalized spacial score (nSPS) is 15.7. The van der Waals surface area contributed by atoms with Gasteiger partial charge in [0.2, 0.25) is 0 Å². The maximum absolute atomic E-state index is 12.2. The molecule has 9 heteroatoms. The van der Waals surface area contributed by atoms with E-state index in [0.717, 1.165) is 41.8 Å². The molecule has 124 valence electrons. The lowest BCUT2D eigenvalue weighted by Crippen LogP contribution is -2.29. The second-order valence-electron chi connectivity index (χ2n) is 5.72. The van der Waals surface area contributed by atoms with Gasteiger partial charge in [0, 0.05) is 6.20 Å². The summed E-state index contributed by atoms with van der Waals surface area (Å²) >= 11 is 1.36. The highest BCUT2D eigenvalue weighted by atomic mass is 32.1. The van der Waals surface area contributed by atoms with Crippen molar-refractivity contribution < 1.29 is 4.79 Å². The monoisotopic (exact) mass is 343 g/mol. The Morgan fingerprint density at radius 2 is 2.29 bits per heavy atom. The number of pyridine rings is 1. The van der Waals surface area contributed by atoms with Crippen LogP contribution in [-0.2, 0) is 6.54 Å². The maximum atomic E-state index is 12.2. The van der Waals surface area contributed by atoms with Gasteiger partial charge in [-0.3, -0.25) is 9.78 Å². The molecule has 0 aliphatic carbocycles. The Morgan fingerprint density at radius 1 is 1.42 bits per heavy atom. The molecule has 2 N–H and O–H groups in total. The standard InChI is InChI=1S/C15H17N7OS/c23-14(15-19-12-8-17-6-3-13(12)24-15)18-7-10-9-22(21-20-10)11-1-4-16-5-2-11/h3,6,8-9,11,16H,1-2,4-5,7H2,(H,18,23). The van der Waals surface area contributed by atoms with E-state index in [1.807, 2.05) is 16.9 Å². The zero-order chi connectivity index (χ0) is 16.4. The summed E-state index contributed by atoms with van der Waals surface area (Å²) in [6, 6.07) is 2.24. The molecule has 0 aromatic carbocycles. The van der Waals surface area contributed by atoms with Crippen molar-refractivity contribution in [2.45, 2.75) is 25.4 Å². The fourth-order valence-electron chi connectivity index (χ4n) is 2.77. The van der Waals surface area contributed by atoms with Crippen LogP contribution < -0.4 is 10.6 Å². The Bertz CT molecular complexity index is 819. The summed E-state index contributed by atoms with van der Waals surface area (Å²) in [6.45, 7) is 2.35. The van der Waals surface area contributed by atoms with Crippen molar-refractivity contribution in [2.75, 3.05) is 13.1 Å². The predicted molar refractivity (Wildman–Crippen MR) is 89.7 cm³/mol. The number of hydrogen-bond acceptors (Lipinski definition) is 7. The zero-order valence-corrected chi connectivity index (χ0v) is 13.8. The molecule has 1 aliphatic rings. The molecule has 3 aromatic heterocycles. The first-order valence-corrected chi connectivity index (χ1v) is 8.71. The molecule has 4 rings (SSSR count). The van der Waals surface area contributed by atoms with Gasteiger partial charge in [0.05, 0.1) is 29.7 Å². The second-order valence-corrected chi connectivity index (χ2v) is 6.75. The molecule has 1 aliphatic heterocycles. The van der Waals surface area contributed by atoms with Gasteiger partial charge in [0.25, 0.3) is 5.91 Å². The molecular weight excluding hydrogens is 326 g/mol. The summed E-state index contributed by atoms with van der Waals surface area (Å²) in [6.07, 6.45) is 7.37. The van der Waals surface area contributed by atoms with Crippen molar-refractivity contribution in [3.63, 3.8) is 0 Å². The van der Waals surface area contributed by atoms with Crippen molar-refractivity contribution in [1.82, 2.24) is 35.6 Å². The van der Waals surface area contributed by atoms with Gasteiger partial charge in [-0.2, -0.15) is 0 Å². The van der Waals surface area contributed by atoms with Crippen LogP contribution in [0.2, 0.25) is 0 Å². The highest BCUT2D eigenvalue weighted by molar-refractivity contribution is 7.20. The Hall–Kier alpha value is -2.39. The first-order valence-electron chi connectivity index (χ1n) is 7.90. The lowest BCUT2D eigenvalue weighted by molar-refractivity contribution is 0.0950. The van der Waals surface area contributed by atoms with Crippen molar-refractivity contribution in [1.29, 1.82) is 0 Å². The molecule has 0 atom stereocenters. The largest absolute Gasteiger partial charge is 0.344 e. The quantitative estimate of drug-likeness (QED) is 0.737. The predicted octanol–water partition coefficient (Wildman–Crippen LogP) is 1.14. The van der Waals surface area contributed by atoms with Crippen LogP contribution in [0.25, 0.3) is 10.2 Å². The smallest absolute Gasteiger partial charge is 0.280 e. The number of aromatic nitrogens is 5. The SMILES string of the molecule is O=C(NCc1cn(C2CCNCC2)nn1)c1nc2cnccc2s1. The van der Waals surface area contributed by atoms with Gasteiger partial charge in [0.15, 0.2) is 5.01 Å². The van der Waals surface area contributed by atoms with Crippen LogP contribution >= 0.6 is 11.3 Å². The molecule has 3 aromatic rings. The van der Waals surface area contributed by atoms with Crippen molar-refractivity contribution in [3.8, 4) is 0 Å². The van der Waals surface area contributed by atoms with Gasteiger partial charge >= 0.3 is 0 Å². The molecule has 0 radical (unpaired) electrons. The number of carbonyl (C=O) groups is 1. The average molecular weight is 343 g/mol. The van der Waals surface area contributed by atoms with E-state index in [0.29, 0.717) is 17.6 Å².